The van der Waals surface area contributed by atoms with Crippen LogP contribution in [-0.4, -0.2) is 23.8 Å². The molecule has 5 heteroatoms. The average molecular weight is 233 g/mol. The van der Waals surface area contributed by atoms with E-state index >= 15 is 0 Å². The van der Waals surface area contributed by atoms with E-state index in [1.165, 1.54) is 0 Å². The number of methoxy groups -OCH3 is 2. The molecule has 1 aromatic carbocycles. The van der Waals surface area contributed by atoms with E-state index in [4.69, 9.17) is 15.2 Å². The summed E-state index contributed by atoms with van der Waals surface area (Å²) in [5.74, 6) is 2.18. The van der Waals surface area contributed by atoms with E-state index in [-0.39, 0.29) is 0 Å². The molecule has 0 aliphatic rings. The fraction of sp³-hybridized carbons (Fsp3) is 0.250. The summed E-state index contributed by atoms with van der Waals surface area (Å²) >= 11 is 0. The standard InChI is InChI=1S/C12H15N3O2/c1-16-10-4-3-9(7-11(10)17-2)15-6-5-14-12(15)8-13/h3-7H,8,13H2,1-2H3. The lowest BCUT2D eigenvalue weighted by atomic mass is 10.2. The van der Waals surface area contributed by atoms with Gasteiger partial charge in [-0.15, -0.1) is 0 Å². The van der Waals surface area contributed by atoms with Crippen molar-refractivity contribution in [3.05, 3.63) is 36.4 Å². The van der Waals surface area contributed by atoms with Crippen molar-refractivity contribution in [1.82, 2.24) is 9.55 Å². The molecule has 0 saturated heterocycles. The highest BCUT2D eigenvalue weighted by atomic mass is 16.5. The Labute approximate surface area is 99.8 Å². The van der Waals surface area contributed by atoms with Gasteiger partial charge in [0.05, 0.1) is 26.5 Å². The Morgan fingerprint density at radius 1 is 1.24 bits per heavy atom. The number of hydrogen-bond donors (Lipinski definition) is 1. The van der Waals surface area contributed by atoms with Gasteiger partial charge in [0.15, 0.2) is 11.5 Å². The zero-order chi connectivity index (χ0) is 12.3. The zero-order valence-corrected chi connectivity index (χ0v) is 9.88. The summed E-state index contributed by atoms with van der Waals surface area (Å²) in [4.78, 5) is 4.18. The van der Waals surface area contributed by atoms with Crippen LogP contribution in [0.2, 0.25) is 0 Å². The third-order valence-electron chi connectivity index (χ3n) is 2.55. The van der Waals surface area contributed by atoms with E-state index in [0.29, 0.717) is 18.0 Å². The number of benzene rings is 1. The Bertz CT molecular complexity index is 508. The molecular weight excluding hydrogens is 218 g/mol. The first-order chi connectivity index (χ1) is 8.30. The van der Waals surface area contributed by atoms with Crippen LogP contribution in [0.3, 0.4) is 0 Å². The van der Waals surface area contributed by atoms with Crippen LogP contribution >= 0.6 is 0 Å². The number of ether oxygens (including phenoxy) is 2. The van der Waals surface area contributed by atoms with Crippen molar-refractivity contribution in [2.24, 2.45) is 5.73 Å². The number of nitrogens with zero attached hydrogens (tertiary/aromatic N) is 2. The van der Waals surface area contributed by atoms with Gasteiger partial charge in [-0.25, -0.2) is 4.98 Å². The lowest BCUT2D eigenvalue weighted by Crippen LogP contribution is -2.06. The molecular formula is C12H15N3O2. The molecule has 2 aromatic rings. The van der Waals surface area contributed by atoms with Gasteiger partial charge in [-0.3, -0.25) is 0 Å². The predicted molar refractivity (Wildman–Crippen MR) is 64.6 cm³/mol. The molecule has 0 aliphatic carbocycles. The van der Waals surface area contributed by atoms with E-state index < -0.39 is 0 Å². The van der Waals surface area contributed by atoms with Crippen LogP contribution in [0.5, 0.6) is 11.5 Å². The van der Waals surface area contributed by atoms with Crippen molar-refractivity contribution in [2.75, 3.05) is 14.2 Å². The number of hydrogen-bond acceptors (Lipinski definition) is 4. The Morgan fingerprint density at radius 3 is 2.65 bits per heavy atom. The van der Waals surface area contributed by atoms with Gasteiger partial charge in [0.1, 0.15) is 5.82 Å². The van der Waals surface area contributed by atoms with Crippen LogP contribution in [0.25, 0.3) is 5.69 Å². The normalized spacial score (nSPS) is 10.3. The second-order valence-corrected chi connectivity index (χ2v) is 3.46. The quantitative estimate of drug-likeness (QED) is 0.865. The summed E-state index contributed by atoms with van der Waals surface area (Å²) < 4.78 is 12.4. The van der Waals surface area contributed by atoms with Gasteiger partial charge in [0.25, 0.3) is 0 Å². The van der Waals surface area contributed by atoms with Crippen molar-refractivity contribution in [3.8, 4) is 17.2 Å². The van der Waals surface area contributed by atoms with Gasteiger partial charge in [-0.05, 0) is 12.1 Å². The van der Waals surface area contributed by atoms with Crippen molar-refractivity contribution in [2.45, 2.75) is 6.54 Å². The van der Waals surface area contributed by atoms with Crippen LogP contribution in [0.15, 0.2) is 30.6 Å². The topological polar surface area (TPSA) is 62.3 Å². The Balaban J connectivity index is 2.46. The first-order valence-corrected chi connectivity index (χ1v) is 5.25. The Hall–Kier alpha value is -2.01. The van der Waals surface area contributed by atoms with E-state index in [9.17, 15) is 0 Å². The highest BCUT2D eigenvalue weighted by Crippen LogP contribution is 2.29. The summed E-state index contributed by atoms with van der Waals surface area (Å²) in [5, 5.41) is 0. The molecule has 90 valence electrons. The number of aromatic nitrogens is 2. The molecule has 5 nitrogen and oxygen atoms in total. The van der Waals surface area contributed by atoms with Crippen molar-refractivity contribution >= 4 is 0 Å². The third kappa shape index (κ3) is 2.09. The minimum absolute atomic E-state index is 0.390. The summed E-state index contributed by atoms with van der Waals surface area (Å²) in [7, 11) is 3.22. The monoisotopic (exact) mass is 233 g/mol. The zero-order valence-electron chi connectivity index (χ0n) is 9.88. The van der Waals surface area contributed by atoms with Crippen LogP contribution in [0.1, 0.15) is 5.82 Å². The predicted octanol–water partition coefficient (Wildman–Crippen LogP) is 1.35. The molecule has 0 atom stereocenters. The van der Waals surface area contributed by atoms with Gasteiger partial charge < -0.3 is 19.8 Å². The van der Waals surface area contributed by atoms with Gasteiger partial charge in [-0.2, -0.15) is 0 Å². The molecule has 2 rings (SSSR count). The molecule has 0 aliphatic heterocycles. The van der Waals surface area contributed by atoms with Crippen LogP contribution in [0.4, 0.5) is 0 Å². The molecule has 0 amide bonds. The van der Waals surface area contributed by atoms with Gasteiger partial charge in [0, 0.05) is 18.5 Å². The molecule has 0 saturated carbocycles. The molecule has 0 fully saturated rings. The van der Waals surface area contributed by atoms with Gasteiger partial charge in [-0.1, -0.05) is 0 Å². The highest BCUT2D eigenvalue weighted by molar-refractivity contribution is 5.49. The molecule has 1 aromatic heterocycles. The van der Waals surface area contributed by atoms with Gasteiger partial charge >= 0.3 is 0 Å². The second-order valence-electron chi connectivity index (χ2n) is 3.46. The maximum atomic E-state index is 5.62. The molecule has 0 radical (unpaired) electrons. The average Bonchev–Trinajstić information content (AvgIpc) is 2.86. The summed E-state index contributed by atoms with van der Waals surface area (Å²) in [6.07, 6.45) is 3.59. The lowest BCUT2D eigenvalue weighted by Gasteiger charge is -2.11. The fourth-order valence-electron chi connectivity index (χ4n) is 1.70. The number of imidazole rings is 1. The highest BCUT2D eigenvalue weighted by Gasteiger charge is 2.08. The summed E-state index contributed by atoms with van der Waals surface area (Å²) in [6.45, 7) is 0.390. The molecule has 0 unspecified atom stereocenters. The van der Waals surface area contributed by atoms with Crippen LogP contribution < -0.4 is 15.2 Å². The maximum Gasteiger partial charge on any atom is 0.162 e. The summed E-state index contributed by atoms with van der Waals surface area (Å²) in [6, 6.07) is 5.68. The third-order valence-corrected chi connectivity index (χ3v) is 2.55. The van der Waals surface area contributed by atoms with E-state index in [0.717, 1.165) is 11.5 Å². The molecule has 17 heavy (non-hydrogen) atoms. The molecule has 0 bridgehead atoms. The van der Waals surface area contributed by atoms with Crippen LogP contribution in [-0.2, 0) is 6.54 Å². The number of nitrogens with two attached hydrogens (primary N) is 1. The summed E-state index contributed by atoms with van der Waals surface area (Å²) in [5.41, 5.74) is 6.56. The molecule has 2 N–H and O–H groups in total. The van der Waals surface area contributed by atoms with E-state index in [1.807, 2.05) is 29.0 Å². The van der Waals surface area contributed by atoms with Crippen molar-refractivity contribution in [3.63, 3.8) is 0 Å². The maximum absolute atomic E-state index is 5.62. The minimum Gasteiger partial charge on any atom is -0.493 e. The van der Waals surface area contributed by atoms with Gasteiger partial charge in [0.2, 0.25) is 0 Å². The minimum atomic E-state index is 0.390. The van der Waals surface area contributed by atoms with E-state index in [2.05, 4.69) is 4.98 Å². The van der Waals surface area contributed by atoms with E-state index in [1.54, 1.807) is 20.4 Å². The molecule has 0 spiro atoms. The van der Waals surface area contributed by atoms with Crippen molar-refractivity contribution in [1.29, 1.82) is 0 Å². The smallest absolute Gasteiger partial charge is 0.162 e. The SMILES string of the molecule is COc1ccc(-n2ccnc2CN)cc1OC. The van der Waals surface area contributed by atoms with Crippen molar-refractivity contribution < 1.29 is 9.47 Å². The second kappa shape index (κ2) is 4.88. The fourth-order valence-corrected chi connectivity index (χ4v) is 1.70. The largest absolute Gasteiger partial charge is 0.493 e. The first kappa shape index (κ1) is 11.5. The Kier molecular flexibility index (Phi) is 3.30. The number of rotatable bonds is 4. The first-order valence-electron chi connectivity index (χ1n) is 5.25. The molecule has 1 heterocycles. The lowest BCUT2D eigenvalue weighted by molar-refractivity contribution is 0.355. The Morgan fingerprint density at radius 2 is 2.00 bits per heavy atom. The van der Waals surface area contributed by atoms with Crippen LogP contribution in [0, 0.1) is 0 Å².